The largest absolute Gasteiger partial charge is 0.197 e. The molecule has 1 nitrogen and oxygen atoms in total. The molecule has 0 spiro atoms. The van der Waals surface area contributed by atoms with Crippen molar-refractivity contribution in [1.29, 1.82) is 5.26 Å². The summed E-state index contributed by atoms with van der Waals surface area (Å²) in [6.07, 6.45) is 0. The quantitative estimate of drug-likeness (QED) is 0.550. The third-order valence-corrected chi connectivity index (χ3v) is 2.82. The van der Waals surface area contributed by atoms with Gasteiger partial charge >= 0.3 is 0 Å². The van der Waals surface area contributed by atoms with Gasteiger partial charge in [0.2, 0.25) is 0 Å². The van der Waals surface area contributed by atoms with Crippen molar-refractivity contribution < 1.29 is 0 Å². The van der Waals surface area contributed by atoms with Crippen molar-refractivity contribution >= 4 is 23.4 Å². The van der Waals surface area contributed by atoms with Crippen LogP contribution < -0.4 is 0 Å². The van der Waals surface area contributed by atoms with Gasteiger partial charge in [-0.25, -0.2) is 0 Å². The Morgan fingerprint density at radius 3 is 2.67 bits per heavy atom. The van der Waals surface area contributed by atoms with E-state index in [1.807, 2.05) is 36.4 Å². The molecule has 62 valence electrons. The Bertz CT molecular complexity index is 268. The Morgan fingerprint density at radius 2 is 2.08 bits per heavy atom. The maximum absolute atomic E-state index is 8.42. The van der Waals surface area contributed by atoms with Gasteiger partial charge in [-0.15, -0.1) is 23.4 Å². The van der Waals surface area contributed by atoms with Crippen molar-refractivity contribution in [2.45, 2.75) is 10.3 Å². The predicted octanol–water partition coefficient (Wildman–Crippen LogP) is 2.91. The molecule has 0 saturated carbocycles. The number of nitrogens with zero attached hydrogens (tertiary/aromatic N) is 1. The van der Waals surface area contributed by atoms with E-state index in [-0.39, 0.29) is 0 Å². The highest BCUT2D eigenvalue weighted by Crippen LogP contribution is 2.19. The van der Waals surface area contributed by atoms with Crippen molar-refractivity contribution in [3.8, 4) is 6.07 Å². The SMILES string of the molecule is N#CC(Cl)CSc1ccccc1. The smallest absolute Gasteiger partial charge is 0.129 e. The lowest BCUT2D eigenvalue weighted by Crippen LogP contribution is -1.96. The van der Waals surface area contributed by atoms with Gasteiger partial charge in [-0.05, 0) is 12.1 Å². The van der Waals surface area contributed by atoms with Crippen molar-refractivity contribution in [3.63, 3.8) is 0 Å². The van der Waals surface area contributed by atoms with Gasteiger partial charge in [-0.1, -0.05) is 18.2 Å². The van der Waals surface area contributed by atoms with E-state index in [0.717, 1.165) is 4.90 Å². The Hall–Kier alpha value is -0.650. The second-order valence-electron chi connectivity index (χ2n) is 2.22. The average Bonchev–Trinajstić information content (AvgIpc) is 2.16. The summed E-state index contributed by atoms with van der Waals surface area (Å²) >= 11 is 7.23. The average molecular weight is 198 g/mol. The van der Waals surface area contributed by atoms with Crippen LogP contribution in [0, 0.1) is 11.3 Å². The zero-order valence-corrected chi connectivity index (χ0v) is 7.98. The van der Waals surface area contributed by atoms with Crippen LogP contribution in [0.4, 0.5) is 0 Å². The summed E-state index contributed by atoms with van der Waals surface area (Å²) < 4.78 is 0. The molecule has 0 aliphatic heterocycles. The molecule has 0 saturated heterocycles. The van der Waals surface area contributed by atoms with Crippen LogP contribution in [0.3, 0.4) is 0 Å². The van der Waals surface area contributed by atoms with Gasteiger partial charge in [-0.3, -0.25) is 0 Å². The molecule has 1 aromatic rings. The van der Waals surface area contributed by atoms with Crippen LogP contribution in [0.1, 0.15) is 0 Å². The summed E-state index contributed by atoms with van der Waals surface area (Å²) in [5.41, 5.74) is 0. The van der Waals surface area contributed by atoms with E-state index in [0.29, 0.717) is 5.75 Å². The molecule has 0 amide bonds. The van der Waals surface area contributed by atoms with Gasteiger partial charge in [0, 0.05) is 10.6 Å². The van der Waals surface area contributed by atoms with Crippen molar-refractivity contribution in [2.24, 2.45) is 0 Å². The standard InChI is InChI=1S/C9H8ClNS/c10-8(6-11)7-12-9-4-2-1-3-5-9/h1-5,8H,7H2. The summed E-state index contributed by atoms with van der Waals surface area (Å²) in [5.74, 6) is 0.641. The van der Waals surface area contributed by atoms with Crippen LogP contribution in [0.15, 0.2) is 35.2 Å². The highest BCUT2D eigenvalue weighted by molar-refractivity contribution is 7.99. The molecule has 1 unspecified atom stereocenters. The second-order valence-corrected chi connectivity index (χ2v) is 3.84. The summed E-state index contributed by atoms with van der Waals surface area (Å²) in [5, 5.41) is 8.02. The molecule has 1 atom stereocenters. The molecule has 12 heavy (non-hydrogen) atoms. The van der Waals surface area contributed by atoms with Gasteiger partial charge in [0.15, 0.2) is 0 Å². The van der Waals surface area contributed by atoms with Gasteiger partial charge in [-0.2, -0.15) is 5.26 Å². The fourth-order valence-electron chi connectivity index (χ4n) is 0.723. The number of hydrogen-bond donors (Lipinski definition) is 0. The zero-order valence-electron chi connectivity index (χ0n) is 6.40. The van der Waals surface area contributed by atoms with Gasteiger partial charge in [0.1, 0.15) is 5.38 Å². The number of rotatable bonds is 3. The van der Waals surface area contributed by atoms with Crippen molar-refractivity contribution in [3.05, 3.63) is 30.3 Å². The van der Waals surface area contributed by atoms with Crippen LogP contribution in [-0.4, -0.2) is 11.1 Å². The molecule has 0 aliphatic carbocycles. The monoisotopic (exact) mass is 197 g/mol. The van der Waals surface area contributed by atoms with E-state index in [1.54, 1.807) is 11.8 Å². The highest BCUT2D eigenvalue weighted by Gasteiger charge is 2.01. The summed E-state index contributed by atoms with van der Waals surface area (Å²) in [7, 11) is 0. The molecule has 0 N–H and O–H groups in total. The maximum Gasteiger partial charge on any atom is 0.129 e. The Labute approximate surface area is 81.3 Å². The van der Waals surface area contributed by atoms with Crippen LogP contribution >= 0.6 is 23.4 Å². The minimum absolute atomic E-state index is 0.393. The second kappa shape index (κ2) is 5.08. The molecule has 0 radical (unpaired) electrons. The van der Waals surface area contributed by atoms with E-state index in [4.69, 9.17) is 16.9 Å². The first-order chi connectivity index (χ1) is 5.83. The lowest BCUT2D eigenvalue weighted by Gasteiger charge is -1.99. The van der Waals surface area contributed by atoms with Gasteiger partial charge in [0.05, 0.1) is 6.07 Å². The topological polar surface area (TPSA) is 23.8 Å². The van der Waals surface area contributed by atoms with Crippen molar-refractivity contribution in [1.82, 2.24) is 0 Å². The number of alkyl halides is 1. The number of benzene rings is 1. The molecule has 0 heterocycles. The molecular formula is C9H8ClNS. The molecular weight excluding hydrogens is 190 g/mol. The molecule has 0 aromatic heterocycles. The Kier molecular flexibility index (Phi) is 3.99. The third-order valence-electron chi connectivity index (χ3n) is 1.28. The van der Waals surface area contributed by atoms with Crippen LogP contribution in [0.25, 0.3) is 0 Å². The fraction of sp³-hybridized carbons (Fsp3) is 0.222. The van der Waals surface area contributed by atoms with Crippen LogP contribution in [-0.2, 0) is 0 Å². The van der Waals surface area contributed by atoms with Crippen molar-refractivity contribution in [2.75, 3.05) is 5.75 Å². The van der Waals surface area contributed by atoms with E-state index < -0.39 is 5.38 Å². The third kappa shape index (κ3) is 3.17. The first-order valence-electron chi connectivity index (χ1n) is 3.54. The summed E-state index contributed by atoms with van der Waals surface area (Å²) in [4.78, 5) is 1.15. The molecule has 3 heteroatoms. The first-order valence-corrected chi connectivity index (χ1v) is 4.96. The molecule has 0 bridgehead atoms. The zero-order chi connectivity index (χ0) is 8.81. The molecule has 0 fully saturated rings. The van der Waals surface area contributed by atoms with E-state index in [2.05, 4.69) is 0 Å². The van der Waals surface area contributed by atoms with Gasteiger partial charge in [0.25, 0.3) is 0 Å². The lowest BCUT2D eigenvalue weighted by molar-refractivity contribution is 1.24. The minimum atomic E-state index is -0.393. The number of hydrogen-bond acceptors (Lipinski definition) is 2. The van der Waals surface area contributed by atoms with Crippen LogP contribution in [0.5, 0.6) is 0 Å². The highest BCUT2D eigenvalue weighted by atomic mass is 35.5. The predicted molar refractivity (Wildman–Crippen MR) is 52.4 cm³/mol. The Morgan fingerprint density at radius 1 is 1.42 bits per heavy atom. The maximum atomic E-state index is 8.42. The summed E-state index contributed by atoms with van der Waals surface area (Å²) in [6, 6.07) is 11.9. The minimum Gasteiger partial charge on any atom is -0.197 e. The Balaban J connectivity index is 2.40. The number of halogens is 1. The summed E-state index contributed by atoms with van der Waals surface area (Å²) in [6.45, 7) is 0. The first kappa shape index (κ1) is 9.44. The van der Waals surface area contributed by atoms with E-state index in [9.17, 15) is 0 Å². The number of thioether (sulfide) groups is 1. The lowest BCUT2D eigenvalue weighted by atomic mass is 10.4. The molecule has 0 aliphatic rings. The van der Waals surface area contributed by atoms with E-state index >= 15 is 0 Å². The normalized spacial score (nSPS) is 12.0. The molecule has 1 aromatic carbocycles. The molecule has 1 rings (SSSR count). The van der Waals surface area contributed by atoms with Gasteiger partial charge < -0.3 is 0 Å². The fourth-order valence-corrected chi connectivity index (χ4v) is 1.68. The van der Waals surface area contributed by atoms with E-state index in [1.165, 1.54) is 0 Å². The number of nitriles is 1. The van der Waals surface area contributed by atoms with Crippen LogP contribution in [0.2, 0.25) is 0 Å².